The van der Waals surface area contributed by atoms with Gasteiger partial charge in [0, 0.05) is 11.0 Å². The zero-order chi connectivity index (χ0) is 12.2. The van der Waals surface area contributed by atoms with E-state index in [0.29, 0.717) is 21.8 Å². The lowest BCUT2D eigenvalue weighted by molar-refractivity contribution is 0.528. The maximum Gasteiger partial charge on any atom is 0.241 e. The molecule has 0 saturated carbocycles. The maximum atomic E-state index is 11.9. The van der Waals surface area contributed by atoms with Gasteiger partial charge in [-0.1, -0.05) is 32.4 Å². The van der Waals surface area contributed by atoms with Crippen LogP contribution < -0.4 is 4.72 Å². The van der Waals surface area contributed by atoms with Gasteiger partial charge in [-0.15, -0.1) is 0 Å². The molecule has 0 bridgehead atoms. The molecule has 5 heteroatoms. The first-order valence-electron chi connectivity index (χ1n) is 5.21. The van der Waals surface area contributed by atoms with E-state index in [-0.39, 0.29) is 0 Å². The molecule has 3 nitrogen and oxygen atoms in total. The summed E-state index contributed by atoms with van der Waals surface area (Å²) in [4.78, 5) is 0.290. The number of halogens is 1. The Morgan fingerprint density at radius 2 is 2.00 bits per heavy atom. The first-order chi connectivity index (χ1) is 7.47. The summed E-state index contributed by atoms with van der Waals surface area (Å²) < 4.78 is 27.1. The van der Waals surface area contributed by atoms with E-state index in [1.165, 1.54) is 0 Å². The number of hydrogen-bond donors (Lipinski definition) is 1. The third-order valence-corrected chi connectivity index (χ3v) is 4.88. The van der Waals surface area contributed by atoms with Gasteiger partial charge in [0.2, 0.25) is 10.0 Å². The Labute approximate surface area is 105 Å². The quantitative estimate of drug-likeness (QED) is 0.909. The predicted octanol–water partition coefficient (Wildman–Crippen LogP) is 2.77. The number of nitrogens with one attached hydrogen (secondary N) is 1. The number of sulfonamides is 1. The summed E-state index contributed by atoms with van der Waals surface area (Å²) in [6.07, 6.45) is 0.957. The second-order valence-electron chi connectivity index (χ2n) is 3.80. The summed E-state index contributed by atoms with van der Waals surface area (Å²) in [5, 5.41) is 0. The van der Waals surface area contributed by atoms with Crippen molar-refractivity contribution in [2.45, 2.75) is 25.2 Å². The summed E-state index contributed by atoms with van der Waals surface area (Å²) in [6.45, 7) is 4.53. The highest BCUT2D eigenvalue weighted by Crippen LogP contribution is 2.20. The topological polar surface area (TPSA) is 46.2 Å². The Kier molecular flexibility index (Phi) is 4.95. The van der Waals surface area contributed by atoms with E-state index in [4.69, 9.17) is 0 Å². The molecule has 0 heterocycles. The largest absolute Gasteiger partial charge is 0.241 e. The second-order valence-corrected chi connectivity index (χ2v) is 6.39. The molecule has 0 aliphatic rings. The zero-order valence-corrected chi connectivity index (χ0v) is 11.8. The lowest BCUT2D eigenvalue weighted by atomic mass is 10.1. The van der Waals surface area contributed by atoms with E-state index in [9.17, 15) is 8.42 Å². The highest BCUT2D eigenvalue weighted by Gasteiger charge is 2.17. The van der Waals surface area contributed by atoms with E-state index in [1.54, 1.807) is 24.3 Å². The molecule has 0 saturated heterocycles. The summed E-state index contributed by atoms with van der Waals surface area (Å²) in [7, 11) is -3.39. The van der Waals surface area contributed by atoms with Crippen LogP contribution in [0.4, 0.5) is 0 Å². The number of benzene rings is 1. The van der Waals surface area contributed by atoms with Crippen LogP contribution in [0.5, 0.6) is 0 Å². The molecule has 16 heavy (non-hydrogen) atoms. The van der Waals surface area contributed by atoms with Crippen molar-refractivity contribution >= 4 is 26.0 Å². The van der Waals surface area contributed by atoms with E-state index in [1.807, 2.05) is 13.8 Å². The molecule has 0 fully saturated rings. The van der Waals surface area contributed by atoms with E-state index in [0.717, 1.165) is 6.42 Å². The van der Waals surface area contributed by atoms with Gasteiger partial charge in [-0.3, -0.25) is 0 Å². The van der Waals surface area contributed by atoms with Crippen molar-refractivity contribution in [1.29, 1.82) is 0 Å². The van der Waals surface area contributed by atoms with Crippen molar-refractivity contribution in [1.82, 2.24) is 4.72 Å². The van der Waals surface area contributed by atoms with Crippen LogP contribution in [0.3, 0.4) is 0 Å². The first kappa shape index (κ1) is 13.7. The monoisotopic (exact) mass is 305 g/mol. The summed E-state index contributed by atoms with van der Waals surface area (Å²) in [5.74, 6) is 0.345. The molecule has 1 aromatic carbocycles. The molecule has 1 atom stereocenters. The maximum absolute atomic E-state index is 11.9. The zero-order valence-electron chi connectivity index (χ0n) is 9.40. The fourth-order valence-corrected chi connectivity index (χ4v) is 3.30. The standard InChI is InChI=1S/C11H16BrNO2S/c1-3-9(2)8-13-16(14,15)11-7-5-4-6-10(11)12/h4-7,9,13H,3,8H2,1-2H3. The number of hydrogen-bond acceptors (Lipinski definition) is 2. The average Bonchev–Trinajstić information content (AvgIpc) is 2.26. The van der Waals surface area contributed by atoms with Gasteiger partial charge in [0.1, 0.15) is 0 Å². The van der Waals surface area contributed by atoms with Gasteiger partial charge >= 0.3 is 0 Å². The van der Waals surface area contributed by atoms with Crippen LogP contribution in [0, 0.1) is 5.92 Å². The minimum Gasteiger partial charge on any atom is -0.211 e. The smallest absolute Gasteiger partial charge is 0.211 e. The Morgan fingerprint density at radius 3 is 2.56 bits per heavy atom. The molecular weight excluding hydrogens is 290 g/mol. The predicted molar refractivity (Wildman–Crippen MR) is 68.8 cm³/mol. The molecule has 1 rings (SSSR count). The van der Waals surface area contributed by atoms with E-state index >= 15 is 0 Å². The molecule has 0 spiro atoms. The molecule has 1 N–H and O–H groups in total. The Hall–Kier alpha value is -0.390. The molecule has 90 valence electrons. The highest BCUT2D eigenvalue weighted by molar-refractivity contribution is 9.10. The van der Waals surface area contributed by atoms with Crippen LogP contribution in [0.1, 0.15) is 20.3 Å². The van der Waals surface area contributed by atoms with Crippen LogP contribution in [-0.2, 0) is 10.0 Å². The van der Waals surface area contributed by atoms with Gasteiger partial charge in [-0.05, 0) is 34.0 Å². The molecule has 0 aliphatic carbocycles. The molecule has 0 amide bonds. The van der Waals surface area contributed by atoms with E-state index < -0.39 is 10.0 Å². The fourth-order valence-electron chi connectivity index (χ4n) is 1.14. The molecule has 0 aromatic heterocycles. The van der Waals surface area contributed by atoms with Gasteiger partial charge in [-0.2, -0.15) is 0 Å². The normalized spacial score (nSPS) is 13.7. The molecular formula is C11H16BrNO2S. The minimum atomic E-state index is -3.39. The third-order valence-electron chi connectivity index (χ3n) is 2.44. The Morgan fingerprint density at radius 1 is 1.38 bits per heavy atom. The summed E-state index contributed by atoms with van der Waals surface area (Å²) in [6, 6.07) is 6.81. The van der Waals surface area contributed by atoms with Gasteiger partial charge in [-0.25, -0.2) is 13.1 Å². The van der Waals surface area contributed by atoms with Crippen LogP contribution in [0.25, 0.3) is 0 Å². The van der Waals surface area contributed by atoms with Crippen molar-refractivity contribution in [3.63, 3.8) is 0 Å². The Bertz CT molecular complexity index is 445. The van der Waals surface area contributed by atoms with Crippen molar-refractivity contribution in [2.75, 3.05) is 6.54 Å². The van der Waals surface area contributed by atoms with E-state index in [2.05, 4.69) is 20.7 Å². The molecule has 0 aliphatic heterocycles. The second kappa shape index (κ2) is 5.80. The highest BCUT2D eigenvalue weighted by atomic mass is 79.9. The fraction of sp³-hybridized carbons (Fsp3) is 0.455. The lowest BCUT2D eigenvalue weighted by Gasteiger charge is -2.11. The molecule has 1 unspecified atom stereocenters. The van der Waals surface area contributed by atoms with Crippen LogP contribution in [0.15, 0.2) is 33.6 Å². The average molecular weight is 306 g/mol. The lowest BCUT2D eigenvalue weighted by Crippen LogP contribution is -2.28. The summed E-state index contributed by atoms with van der Waals surface area (Å²) in [5.41, 5.74) is 0. The molecule has 1 aromatic rings. The van der Waals surface area contributed by atoms with Crippen molar-refractivity contribution in [3.05, 3.63) is 28.7 Å². The first-order valence-corrected chi connectivity index (χ1v) is 7.49. The van der Waals surface area contributed by atoms with Crippen LogP contribution in [-0.4, -0.2) is 15.0 Å². The third kappa shape index (κ3) is 3.57. The van der Waals surface area contributed by atoms with Crippen molar-refractivity contribution in [2.24, 2.45) is 5.92 Å². The SMILES string of the molecule is CCC(C)CNS(=O)(=O)c1ccccc1Br. The van der Waals surface area contributed by atoms with Gasteiger partial charge < -0.3 is 0 Å². The van der Waals surface area contributed by atoms with Gasteiger partial charge in [0.15, 0.2) is 0 Å². The van der Waals surface area contributed by atoms with Gasteiger partial charge in [0.25, 0.3) is 0 Å². The number of rotatable bonds is 5. The van der Waals surface area contributed by atoms with Gasteiger partial charge in [0.05, 0.1) is 4.90 Å². The molecule has 0 radical (unpaired) electrons. The van der Waals surface area contributed by atoms with Crippen molar-refractivity contribution < 1.29 is 8.42 Å². The summed E-state index contributed by atoms with van der Waals surface area (Å²) >= 11 is 3.24. The van der Waals surface area contributed by atoms with Crippen LogP contribution in [0.2, 0.25) is 0 Å². The minimum absolute atomic E-state index is 0.290. The van der Waals surface area contributed by atoms with Crippen LogP contribution >= 0.6 is 15.9 Å². The Balaban J connectivity index is 2.83. The van der Waals surface area contributed by atoms with Crippen molar-refractivity contribution in [3.8, 4) is 0 Å².